The predicted octanol–water partition coefficient (Wildman–Crippen LogP) is 4.43. The highest BCUT2D eigenvalue weighted by Crippen LogP contribution is 2.41. The van der Waals surface area contributed by atoms with E-state index in [4.69, 9.17) is 10.5 Å². The average molecular weight is 324 g/mol. The van der Waals surface area contributed by atoms with Crippen molar-refractivity contribution in [2.75, 3.05) is 0 Å². The van der Waals surface area contributed by atoms with Crippen LogP contribution < -0.4 is 10.5 Å². The molecule has 1 heterocycles. The Hall–Kier alpha value is -0.540. The highest BCUT2D eigenvalue weighted by molar-refractivity contribution is 9.10. The first-order valence-electron chi connectivity index (χ1n) is 7.35. The highest BCUT2D eigenvalue weighted by atomic mass is 79.9. The SMILES string of the molecule is CC1CCCC(C2C[C@@H](N)c3cc(Br)ccc3O2)C1. The lowest BCUT2D eigenvalue weighted by Crippen LogP contribution is -2.37. The standard InChI is InChI=1S/C16H22BrNO/c1-10-3-2-4-11(7-10)16-9-14(18)13-8-12(17)5-6-15(13)19-16/h5-6,8,10-11,14,16H,2-4,7,9,18H2,1H3/t10?,11?,14-,16?/m1/s1. The van der Waals surface area contributed by atoms with E-state index in [1.807, 2.05) is 6.07 Å². The molecule has 0 saturated heterocycles. The number of fused-ring (bicyclic) bond motifs is 1. The van der Waals surface area contributed by atoms with Crippen LogP contribution in [0.4, 0.5) is 0 Å². The van der Waals surface area contributed by atoms with E-state index in [9.17, 15) is 0 Å². The Labute approximate surface area is 123 Å². The number of ether oxygens (including phenoxy) is 1. The normalized spacial score (nSPS) is 34.5. The van der Waals surface area contributed by atoms with Crippen molar-refractivity contribution in [3.8, 4) is 5.75 Å². The molecule has 1 fully saturated rings. The summed E-state index contributed by atoms with van der Waals surface area (Å²) in [6.07, 6.45) is 6.58. The van der Waals surface area contributed by atoms with Gasteiger partial charge < -0.3 is 10.5 Å². The van der Waals surface area contributed by atoms with E-state index in [-0.39, 0.29) is 6.04 Å². The molecule has 1 aliphatic carbocycles. The summed E-state index contributed by atoms with van der Waals surface area (Å²) in [5.74, 6) is 2.52. The Morgan fingerprint density at radius 3 is 2.89 bits per heavy atom. The molecule has 2 nitrogen and oxygen atoms in total. The maximum absolute atomic E-state index is 6.35. The van der Waals surface area contributed by atoms with Gasteiger partial charge in [0.2, 0.25) is 0 Å². The van der Waals surface area contributed by atoms with Gasteiger partial charge in [0.25, 0.3) is 0 Å². The molecule has 1 aliphatic heterocycles. The van der Waals surface area contributed by atoms with Crippen LogP contribution in [0.25, 0.3) is 0 Å². The molecular weight excluding hydrogens is 302 g/mol. The molecule has 0 amide bonds. The number of nitrogens with two attached hydrogens (primary N) is 1. The summed E-state index contributed by atoms with van der Waals surface area (Å²) in [5.41, 5.74) is 7.49. The Kier molecular flexibility index (Phi) is 3.86. The smallest absolute Gasteiger partial charge is 0.124 e. The molecule has 19 heavy (non-hydrogen) atoms. The van der Waals surface area contributed by atoms with E-state index in [1.54, 1.807) is 0 Å². The minimum absolute atomic E-state index is 0.114. The van der Waals surface area contributed by atoms with Gasteiger partial charge in [0.05, 0.1) is 0 Å². The number of halogens is 1. The van der Waals surface area contributed by atoms with Crippen LogP contribution in [-0.4, -0.2) is 6.10 Å². The van der Waals surface area contributed by atoms with Crippen molar-refractivity contribution in [2.24, 2.45) is 17.6 Å². The molecule has 0 bridgehead atoms. The van der Waals surface area contributed by atoms with Crippen molar-refractivity contribution in [2.45, 2.75) is 51.2 Å². The number of rotatable bonds is 1. The molecule has 3 unspecified atom stereocenters. The molecule has 1 aromatic carbocycles. The first-order chi connectivity index (χ1) is 9.13. The minimum atomic E-state index is 0.114. The molecule has 3 heteroatoms. The third kappa shape index (κ3) is 2.82. The maximum Gasteiger partial charge on any atom is 0.124 e. The summed E-state index contributed by atoms with van der Waals surface area (Å²) in [4.78, 5) is 0. The van der Waals surface area contributed by atoms with Gasteiger partial charge in [-0.25, -0.2) is 0 Å². The van der Waals surface area contributed by atoms with Gasteiger partial charge in [-0.3, -0.25) is 0 Å². The average Bonchev–Trinajstić information content (AvgIpc) is 2.39. The maximum atomic E-state index is 6.35. The zero-order chi connectivity index (χ0) is 13.4. The minimum Gasteiger partial charge on any atom is -0.490 e. The lowest BCUT2D eigenvalue weighted by atomic mass is 9.77. The Balaban J connectivity index is 1.79. The van der Waals surface area contributed by atoms with Gasteiger partial charge in [0, 0.05) is 22.5 Å². The van der Waals surface area contributed by atoms with Gasteiger partial charge in [0.1, 0.15) is 11.9 Å². The van der Waals surface area contributed by atoms with Crippen LogP contribution in [0.2, 0.25) is 0 Å². The Morgan fingerprint density at radius 1 is 1.26 bits per heavy atom. The second-order valence-corrected chi connectivity index (χ2v) is 7.13. The summed E-state index contributed by atoms with van der Waals surface area (Å²) in [6.45, 7) is 2.36. The fraction of sp³-hybridized carbons (Fsp3) is 0.625. The van der Waals surface area contributed by atoms with Gasteiger partial charge in [-0.1, -0.05) is 35.7 Å². The van der Waals surface area contributed by atoms with E-state index < -0.39 is 0 Å². The molecular formula is C16H22BrNO. The molecule has 3 rings (SSSR count). The Morgan fingerprint density at radius 2 is 2.11 bits per heavy atom. The number of hydrogen-bond acceptors (Lipinski definition) is 2. The van der Waals surface area contributed by atoms with Crippen molar-refractivity contribution >= 4 is 15.9 Å². The van der Waals surface area contributed by atoms with Crippen molar-refractivity contribution in [3.63, 3.8) is 0 Å². The van der Waals surface area contributed by atoms with Crippen LogP contribution in [0.3, 0.4) is 0 Å². The van der Waals surface area contributed by atoms with Crippen molar-refractivity contribution in [1.82, 2.24) is 0 Å². The first kappa shape index (κ1) is 13.4. The van der Waals surface area contributed by atoms with Gasteiger partial charge in [-0.05, 0) is 42.9 Å². The number of benzene rings is 1. The largest absolute Gasteiger partial charge is 0.490 e. The summed E-state index contributed by atoms with van der Waals surface area (Å²) in [7, 11) is 0. The zero-order valence-corrected chi connectivity index (χ0v) is 13.0. The van der Waals surface area contributed by atoms with Gasteiger partial charge in [-0.15, -0.1) is 0 Å². The lowest BCUT2D eigenvalue weighted by Gasteiger charge is -2.38. The van der Waals surface area contributed by atoms with Gasteiger partial charge in [0.15, 0.2) is 0 Å². The van der Waals surface area contributed by atoms with Gasteiger partial charge in [-0.2, -0.15) is 0 Å². The molecule has 2 aliphatic rings. The van der Waals surface area contributed by atoms with E-state index >= 15 is 0 Å². The highest BCUT2D eigenvalue weighted by Gasteiger charge is 2.33. The van der Waals surface area contributed by atoms with Crippen LogP contribution in [0, 0.1) is 11.8 Å². The third-order valence-electron chi connectivity index (χ3n) is 4.64. The van der Waals surface area contributed by atoms with Gasteiger partial charge >= 0.3 is 0 Å². The molecule has 0 spiro atoms. The fourth-order valence-electron chi connectivity index (χ4n) is 3.61. The second-order valence-electron chi connectivity index (χ2n) is 6.21. The first-order valence-corrected chi connectivity index (χ1v) is 8.14. The molecule has 0 radical (unpaired) electrons. The monoisotopic (exact) mass is 323 g/mol. The zero-order valence-electron chi connectivity index (χ0n) is 11.4. The van der Waals surface area contributed by atoms with Crippen LogP contribution in [0.15, 0.2) is 22.7 Å². The summed E-state index contributed by atoms with van der Waals surface area (Å²) in [5, 5.41) is 0. The number of hydrogen-bond donors (Lipinski definition) is 1. The predicted molar refractivity (Wildman–Crippen MR) is 81.2 cm³/mol. The fourth-order valence-corrected chi connectivity index (χ4v) is 3.99. The molecule has 2 N–H and O–H groups in total. The quantitative estimate of drug-likeness (QED) is 0.829. The summed E-state index contributed by atoms with van der Waals surface area (Å²) < 4.78 is 7.32. The van der Waals surface area contributed by atoms with Crippen LogP contribution in [-0.2, 0) is 0 Å². The van der Waals surface area contributed by atoms with Crippen LogP contribution in [0.1, 0.15) is 50.6 Å². The lowest BCUT2D eigenvalue weighted by molar-refractivity contribution is 0.0665. The van der Waals surface area contributed by atoms with Crippen molar-refractivity contribution < 1.29 is 4.74 Å². The molecule has 4 atom stereocenters. The van der Waals surface area contributed by atoms with E-state index in [0.29, 0.717) is 12.0 Å². The van der Waals surface area contributed by atoms with Crippen molar-refractivity contribution in [3.05, 3.63) is 28.2 Å². The molecule has 0 aromatic heterocycles. The molecule has 1 saturated carbocycles. The van der Waals surface area contributed by atoms with E-state index in [0.717, 1.165) is 28.1 Å². The third-order valence-corrected chi connectivity index (χ3v) is 5.13. The van der Waals surface area contributed by atoms with Crippen LogP contribution in [0.5, 0.6) is 5.75 Å². The second kappa shape index (κ2) is 5.45. The summed E-state index contributed by atoms with van der Waals surface area (Å²) >= 11 is 3.51. The summed E-state index contributed by atoms with van der Waals surface area (Å²) in [6, 6.07) is 6.30. The Bertz CT molecular complexity index is 462. The van der Waals surface area contributed by atoms with E-state index in [2.05, 4.69) is 35.0 Å². The molecule has 104 valence electrons. The van der Waals surface area contributed by atoms with Crippen molar-refractivity contribution in [1.29, 1.82) is 0 Å². The topological polar surface area (TPSA) is 35.2 Å². The van der Waals surface area contributed by atoms with Crippen LogP contribution >= 0.6 is 15.9 Å². The van der Waals surface area contributed by atoms with E-state index in [1.165, 1.54) is 25.7 Å². The molecule has 1 aromatic rings.